The lowest BCUT2D eigenvalue weighted by Crippen LogP contribution is -2.31. The molecule has 0 spiro atoms. The molecule has 0 aliphatic carbocycles. The average Bonchev–Trinajstić information content (AvgIpc) is 2.25. The van der Waals surface area contributed by atoms with Gasteiger partial charge in [0.2, 0.25) is 5.91 Å². The van der Waals surface area contributed by atoms with E-state index in [1.165, 1.54) is 5.56 Å². The number of hydrogen-bond donors (Lipinski definition) is 2. The van der Waals surface area contributed by atoms with Crippen LogP contribution in [0.25, 0.3) is 0 Å². The monoisotopic (exact) mass is 210 g/mol. The molecule has 0 saturated heterocycles. The molecule has 0 aromatic heterocycles. The summed E-state index contributed by atoms with van der Waals surface area (Å²) in [5, 5.41) is 0. The molecule has 0 aliphatic rings. The first-order valence-corrected chi connectivity index (χ1v) is 5.59. The number of hydrazine groups is 1. The first kappa shape index (κ1) is 11.1. The SMILES string of the molecule is NNC(=O)CSCCc1ccccc1. The fourth-order valence-electron chi connectivity index (χ4n) is 1.04. The van der Waals surface area contributed by atoms with Crippen LogP contribution in [-0.4, -0.2) is 17.4 Å². The van der Waals surface area contributed by atoms with E-state index in [0.717, 1.165) is 12.2 Å². The highest BCUT2D eigenvalue weighted by atomic mass is 32.2. The number of nitrogens with one attached hydrogen (secondary N) is 1. The Morgan fingerprint density at radius 2 is 2.07 bits per heavy atom. The summed E-state index contributed by atoms with van der Waals surface area (Å²) in [6, 6.07) is 10.2. The van der Waals surface area contributed by atoms with Crippen molar-refractivity contribution >= 4 is 17.7 Å². The Morgan fingerprint density at radius 3 is 2.71 bits per heavy atom. The number of carbonyl (C=O) groups excluding carboxylic acids is 1. The van der Waals surface area contributed by atoms with Gasteiger partial charge in [-0.2, -0.15) is 11.8 Å². The Balaban J connectivity index is 2.13. The molecule has 4 heteroatoms. The lowest BCUT2D eigenvalue weighted by Gasteiger charge is -2.00. The molecule has 0 bridgehead atoms. The molecule has 0 atom stereocenters. The standard InChI is InChI=1S/C10H14N2OS/c11-12-10(13)8-14-7-6-9-4-2-1-3-5-9/h1-5H,6-8,11H2,(H,12,13). The summed E-state index contributed by atoms with van der Waals surface area (Å²) in [5.74, 6) is 6.21. The smallest absolute Gasteiger partial charge is 0.243 e. The van der Waals surface area contributed by atoms with Crippen LogP contribution in [0.3, 0.4) is 0 Å². The summed E-state index contributed by atoms with van der Waals surface area (Å²) < 4.78 is 0. The van der Waals surface area contributed by atoms with Crippen LogP contribution in [0.2, 0.25) is 0 Å². The predicted octanol–water partition coefficient (Wildman–Crippen LogP) is 0.952. The number of rotatable bonds is 5. The van der Waals surface area contributed by atoms with E-state index < -0.39 is 0 Å². The summed E-state index contributed by atoms with van der Waals surface area (Å²) in [6.45, 7) is 0. The molecular weight excluding hydrogens is 196 g/mol. The fourth-order valence-corrected chi connectivity index (χ4v) is 1.83. The highest BCUT2D eigenvalue weighted by Crippen LogP contribution is 2.06. The van der Waals surface area contributed by atoms with Crippen molar-refractivity contribution in [3.05, 3.63) is 35.9 Å². The summed E-state index contributed by atoms with van der Waals surface area (Å²) in [6.07, 6.45) is 0.989. The van der Waals surface area contributed by atoms with E-state index >= 15 is 0 Å². The van der Waals surface area contributed by atoms with Crippen LogP contribution >= 0.6 is 11.8 Å². The van der Waals surface area contributed by atoms with Crippen LogP contribution in [0.5, 0.6) is 0 Å². The lowest BCUT2D eigenvalue weighted by molar-refractivity contribution is -0.118. The number of hydrogen-bond acceptors (Lipinski definition) is 3. The third-order valence-corrected chi connectivity index (χ3v) is 2.73. The molecular formula is C10H14N2OS. The fraction of sp³-hybridized carbons (Fsp3) is 0.300. The molecule has 0 radical (unpaired) electrons. The van der Waals surface area contributed by atoms with Gasteiger partial charge in [0.25, 0.3) is 0 Å². The van der Waals surface area contributed by atoms with Crippen molar-refractivity contribution in [2.24, 2.45) is 5.84 Å². The quantitative estimate of drug-likeness (QED) is 0.329. The Labute approximate surface area is 88.0 Å². The summed E-state index contributed by atoms with van der Waals surface area (Å²) in [5.41, 5.74) is 3.40. The lowest BCUT2D eigenvalue weighted by atomic mass is 10.2. The third kappa shape index (κ3) is 4.30. The molecule has 0 fully saturated rings. The number of aryl methyl sites for hydroxylation is 1. The van der Waals surface area contributed by atoms with Gasteiger partial charge in [-0.1, -0.05) is 30.3 Å². The maximum Gasteiger partial charge on any atom is 0.243 e. The van der Waals surface area contributed by atoms with E-state index in [0.29, 0.717) is 5.75 Å². The zero-order valence-corrected chi connectivity index (χ0v) is 8.72. The van der Waals surface area contributed by atoms with Crippen molar-refractivity contribution in [2.75, 3.05) is 11.5 Å². The molecule has 1 amide bonds. The summed E-state index contributed by atoms with van der Waals surface area (Å²) in [7, 11) is 0. The van der Waals surface area contributed by atoms with Crippen LogP contribution < -0.4 is 11.3 Å². The highest BCUT2D eigenvalue weighted by molar-refractivity contribution is 7.99. The maximum absolute atomic E-state index is 10.8. The van der Waals surface area contributed by atoms with Crippen molar-refractivity contribution in [3.63, 3.8) is 0 Å². The van der Waals surface area contributed by atoms with Gasteiger partial charge in [-0.3, -0.25) is 10.2 Å². The van der Waals surface area contributed by atoms with Crippen molar-refractivity contribution in [2.45, 2.75) is 6.42 Å². The zero-order valence-electron chi connectivity index (χ0n) is 7.90. The molecule has 0 unspecified atom stereocenters. The topological polar surface area (TPSA) is 55.1 Å². The molecule has 3 N–H and O–H groups in total. The van der Waals surface area contributed by atoms with Gasteiger partial charge >= 0.3 is 0 Å². The van der Waals surface area contributed by atoms with Gasteiger partial charge in [0.05, 0.1) is 5.75 Å². The van der Waals surface area contributed by atoms with Crippen molar-refractivity contribution in [1.82, 2.24) is 5.43 Å². The first-order chi connectivity index (χ1) is 6.83. The van der Waals surface area contributed by atoms with E-state index in [-0.39, 0.29) is 5.91 Å². The van der Waals surface area contributed by atoms with Crippen molar-refractivity contribution in [3.8, 4) is 0 Å². The van der Waals surface area contributed by atoms with E-state index in [9.17, 15) is 4.79 Å². The van der Waals surface area contributed by atoms with Crippen LogP contribution in [0.15, 0.2) is 30.3 Å². The molecule has 1 aromatic rings. The van der Waals surface area contributed by atoms with Crippen LogP contribution in [0.1, 0.15) is 5.56 Å². The van der Waals surface area contributed by atoms with E-state index in [1.54, 1.807) is 11.8 Å². The van der Waals surface area contributed by atoms with Crippen molar-refractivity contribution < 1.29 is 4.79 Å². The van der Waals surface area contributed by atoms with Gasteiger partial charge in [-0.05, 0) is 17.7 Å². The van der Waals surface area contributed by atoms with Gasteiger partial charge in [0, 0.05) is 0 Å². The molecule has 1 aromatic carbocycles. The second-order valence-corrected chi connectivity index (χ2v) is 3.96. The Morgan fingerprint density at radius 1 is 1.36 bits per heavy atom. The van der Waals surface area contributed by atoms with Crippen LogP contribution in [0, 0.1) is 0 Å². The normalized spacial score (nSPS) is 9.79. The van der Waals surface area contributed by atoms with E-state index in [2.05, 4.69) is 17.6 Å². The zero-order chi connectivity index (χ0) is 10.2. The van der Waals surface area contributed by atoms with E-state index in [4.69, 9.17) is 5.84 Å². The summed E-state index contributed by atoms with van der Waals surface area (Å²) in [4.78, 5) is 10.8. The number of benzene rings is 1. The van der Waals surface area contributed by atoms with E-state index in [1.807, 2.05) is 18.2 Å². The molecule has 3 nitrogen and oxygen atoms in total. The van der Waals surface area contributed by atoms with Crippen molar-refractivity contribution in [1.29, 1.82) is 0 Å². The molecule has 1 rings (SSSR count). The summed E-state index contributed by atoms with van der Waals surface area (Å²) >= 11 is 1.59. The Bertz CT molecular complexity index is 277. The van der Waals surface area contributed by atoms with Crippen LogP contribution in [-0.2, 0) is 11.2 Å². The highest BCUT2D eigenvalue weighted by Gasteiger charge is 1.98. The largest absolute Gasteiger partial charge is 0.294 e. The van der Waals surface area contributed by atoms with Gasteiger partial charge in [-0.25, -0.2) is 5.84 Å². The number of amides is 1. The molecule has 0 heterocycles. The van der Waals surface area contributed by atoms with Gasteiger partial charge in [-0.15, -0.1) is 0 Å². The average molecular weight is 210 g/mol. The molecule has 0 saturated carbocycles. The maximum atomic E-state index is 10.8. The molecule has 14 heavy (non-hydrogen) atoms. The van der Waals surface area contributed by atoms with Crippen LogP contribution in [0.4, 0.5) is 0 Å². The third-order valence-electron chi connectivity index (χ3n) is 1.77. The van der Waals surface area contributed by atoms with Gasteiger partial charge in [0.15, 0.2) is 0 Å². The minimum atomic E-state index is -0.122. The van der Waals surface area contributed by atoms with Gasteiger partial charge < -0.3 is 0 Å². The molecule has 76 valence electrons. The number of thioether (sulfide) groups is 1. The number of carbonyl (C=O) groups is 1. The molecule has 0 aliphatic heterocycles. The second-order valence-electron chi connectivity index (χ2n) is 2.86. The second kappa shape index (κ2) is 6.45. The Kier molecular flexibility index (Phi) is 5.11. The minimum absolute atomic E-state index is 0.122. The Hall–Kier alpha value is -1.00. The number of nitrogens with two attached hydrogens (primary N) is 1. The predicted molar refractivity (Wildman–Crippen MR) is 59.8 cm³/mol. The van der Waals surface area contributed by atoms with Gasteiger partial charge in [0.1, 0.15) is 0 Å². The first-order valence-electron chi connectivity index (χ1n) is 4.44. The minimum Gasteiger partial charge on any atom is -0.294 e.